The smallest absolute Gasteiger partial charge is 0.235 e. The number of fused-ring (bicyclic) bond motifs is 10. The van der Waals surface area contributed by atoms with E-state index in [1.54, 1.807) is 63.6 Å². The molecule has 20 nitrogen and oxygen atoms in total. The topological polar surface area (TPSA) is 250 Å². The number of allylic oxidation sites excluding steroid dienone is 4. The van der Waals surface area contributed by atoms with E-state index in [1.807, 2.05) is 19.1 Å². The summed E-state index contributed by atoms with van der Waals surface area (Å²) >= 11 is 0. The Balaban J connectivity index is 1.38. The molecule has 0 radical (unpaired) electrons. The first kappa shape index (κ1) is 31.7. The van der Waals surface area contributed by atoms with Gasteiger partial charge in [0, 0.05) is 32.5 Å². The van der Waals surface area contributed by atoms with Gasteiger partial charge in [-0.15, -0.1) is 0 Å². The maximum Gasteiger partial charge on any atom is 0.235 e. The Kier molecular flexibility index (Phi) is 9.36. The number of anilines is 13. The highest BCUT2D eigenvalue weighted by molar-refractivity contribution is 5.61. The Morgan fingerprint density at radius 2 is 0.816 bits per heavy atom. The molecule has 0 fully saturated rings. The molecule has 0 aliphatic carbocycles. The lowest BCUT2D eigenvalue weighted by Gasteiger charge is -2.12. The zero-order chi connectivity index (χ0) is 34.2. The molecular formula is C29H32N20. The molecule has 0 atom stereocenters. The number of aromatic nitrogens is 11. The minimum atomic E-state index is 0.229. The van der Waals surface area contributed by atoms with Crippen LogP contribution in [0.3, 0.4) is 0 Å². The predicted molar refractivity (Wildman–Crippen MR) is 189 cm³/mol. The second kappa shape index (κ2) is 14.5. The summed E-state index contributed by atoms with van der Waals surface area (Å²) in [5.41, 5.74) is 1.28. The fourth-order valence-electron chi connectivity index (χ4n) is 4.12. The van der Waals surface area contributed by atoms with Gasteiger partial charge in [0.05, 0.1) is 0 Å². The quantitative estimate of drug-likeness (QED) is 0.133. The Morgan fingerprint density at radius 3 is 1.18 bits per heavy atom. The van der Waals surface area contributed by atoms with E-state index in [1.165, 1.54) is 0 Å². The molecule has 0 unspecified atom stereocenters. The molecule has 20 heteroatoms. The molecule has 0 saturated carbocycles. The Labute approximate surface area is 280 Å². The van der Waals surface area contributed by atoms with Crippen LogP contribution in [0.15, 0.2) is 72.6 Å². The van der Waals surface area contributed by atoms with Crippen LogP contribution >= 0.6 is 0 Å². The van der Waals surface area contributed by atoms with Gasteiger partial charge >= 0.3 is 0 Å². The zero-order valence-corrected chi connectivity index (χ0v) is 26.8. The SMILES string of the molecule is C=C1/C=C\C=C(/C)Nc2nc(NC)nc(n2)Nc2cccc(n2)Nc2nc(NC)nc(n2)Nc2cccc(n2)Nc2nc(NC)nc(n2)N1. The maximum absolute atomic E-state index is 4.62. The van der Waals surface area contributed by atoms with Gasteiger partial charge in [-0.25, -0.2) is 9.97 Å². The first-order chi connectivity index (χ1) is 23.8. The van der Waals surface area contributed by atoms with E-state index in [2.05, 4.69) is 109 Å². The fraction of sp³-hybridized carbons (Fsp3) is 0.138. The molecule has 9 N–H and O–H groups in total. The van der Waals surface area contributed by atoms with Crippen LogP contribution in [0.1, 0.15) is 6.92 Å². The van der Waals surface area contributed by atoms with Crippen LogP contribution in [0.4, 0.5) is 76.8 Å². The van der Waals surface area contributed by atoms with Gasteiger partial charge in [0.15, 0.2) is 0 Å². The third kappa shape index (κ3) is 8.52. The van der Waals surface area contributed by atoms with Crippen LogP contribution in [-0.2, 0) is 0 Å². The zero-order valence-electron chi connectivity index (χ0n) is 26.8. The summed E-state index contributed by atoms with van der Waals surface area (Å²) in [7, 11) is 5.13. The first-order valence-corrected chi connectivity index (χ1v) is 14.8. The van der Waals surface area contributed by atoms with E-state index < -0.39 is 0 Å². The van der Waals surface area contributed by atoms with Gasteiger partial charge in [0.1, 0.15) is 23.3 Å². The number of nitrogens with one attached hydrogen (secondary N) is 9. The van der Waals surface area contributed by atoms with Gasteiger partial charge in [-0.05, 0) is 43.3 Å². The van der Waals surface area contributed by atoms with Crippen LogP contribution in [0, 0.1) is 0 Å². The summed E-state index contributed by atoms with van der Waals surface area (Å²) in [5.74, 6) is 4.36. The third-order valence-electron chi connectivity index (χ3n) is 6.26. The molecule has 0 aromatic carbocycles. The summed E-state index contributed by atoms with van der Waals surface area (Å²) in [6.07, 6.45) is 5.40. The molecule has 6 heterocycles. The van der Waals surface area contributed by atoms with Crippen molar-refractivity contribution in [1.82, 2.24) is 54.8 Å². The van der Waals surface area contributed by atoms with Crippen molar-refractivity contribution in [2.45, 2.75) is 6.92 Å². The standard InChI is InChI=1S/C29H32N20/c1-15-9-6-10-16(2)34-25-42-22(31-4)44-27(48-25)38-18-12-8-14-20(36-18)40-29-46-23(32-5)45-28(49-29)39-19-13-7-11-17(35-19)37-26-43-21(30-3)41-24(33-15)47-26/h6-14H,1H2,2-5H3,(H9,30,31,32,33,34,35,36,37,38,39,40,41,42,43,44,45,46,47,48,49)/b9-6-,16-10+. The largest absolute Gasteiger partial charge is 0.357 e. The van der Waals surface area contributed by atoms with Crippen molar-refractivity contribution in [2.24, 2.45) is 0 Å². The van der Waals surface area contributed by atoms with E-state index in [4.69, 9.17) is 0 Å². The minimum Gasteiger partial charge on any atom is -0.357 e. The van der Waals surface area contributed by atoms with Crippen LogP contribution in [-0.4, -0.2) is 76.0 Å². The summed E-state index contributed by atoms with van der Waals surface area (Å²) in [6, 6.07) is 10.7. The maximum atomic E-state index is 4.62. The molecule has 248 valence electrons. The van der Waals surface area contributed by atoms with Crippen molar-refractivity contribution in [3.63, 3.8) is 0 Å². The number of hydrogen-bond donors (Lipinski definition) is 9. The predicted octanol–water partition coefficient (Wildman–Crippen LogP) is 3.94. The lowest BCUT2D eigenvalue weighted by molar-refractivity contribution is 1.04. The van der Waals surface area contributed by atoms with Crippen molar-refractivity contribution in [3.8, 4) is 0 Å². The number of hydrogen-bond acceptors (Lipinski definition) is 20. The Morgan fingerprint density at radius 1 is 0.469 bits per heavy atom. The van der Waals surface area contributed by atoms with Gasteiger partial charge in [-0.3, -0.25) is 0 Å². The molecule has 5 aromatic heterocycles. The highest BCUT2D eigenvalue weighted by Crippen LogP contribution is 2.22. The monoisotopic (exact) mass is 660 g/mol. The second-order valence-electron chi connectivity index (χ2n) is 9.97. The van der Waals surface area contributed by atoms with Crippen LogP contribution in [0.5, 0.6) is 0 Å². The number of nitrogens with zero attached hydrogens (tertiary/aromatic N) is 11. The molecule has 0 spiro atoms. The molecule has 10 bridgehead atoms. The number of pyridine rings is 2. The molecule has 0 saturated heterocycles. The van der Waals surface area contributed by atoms with E-state index in [0.29, 0.717) is 52.8 Å². The van der Waals surface area contributed by atoms with Gasteiger partial charge in [0.2, 0.25) is 53.5 Å². The minimum absolute atomic E-state index is 0.229. The van der Waals surface area contributed by atoms with Crippen molar-refractivity contribution < 1.29 is 0 Å². The molecule has 1 aliphatic rings. The van der Waals surface area contributed by atoms with Crippen LogP contribution < -0.4 is 47.9 Å². The molecule has 1 aliphatic heterocycles. The van der Waals surface area contributed by atoms with E-state index in [9.17, 15) is 0 Å². The Bertz CT molecular complexity index is 2040. The number of rotatable bonds is 3. The fourth-order valence-corrected chi connectivity index (χ4v) is 4.12. The molecule has 0 amide bonds. The highest BCUT2D eigenvalue weighted by Gasteiger charge is 2.12. The van der Waals surface area contributed by atoms with Crippen molar-refractivity contribution in [2.75, 3.05) is 69.0 Å². The first-order valence-electron chi connectivity index (χ1n) is 14.8. The van der Waals surface area contributed by atoms with Crippen LogP contribution in [0.25, 0.3) is 0 Å². The van der Waals surface area contributed by atoms with Gasteiger partial charge < -0.3 is 47.9 Å². The Hall–Kier alpha value is -7.25. The van der Waals surface area contributed by atoms with Gasteiger partial charge in [-0.1, -0.05) is 24.8 Å². The second-order valence-corrected chi connectivity index (χ2v) is 9.97. The third-order valence-corrected chi connectivity index (χ3v) is 6.26. The average Bonchev–Trinajstić information content (AvgIpc) is 3.07. The molecule has 49 heavy (non-hydrogen) atoms. The molecule has 5 aromatic rings. The average molecular weight is 661 g/mol. The van der Waals surface area contributed by atoms with Gasteiger partial charge in [0.25, 0.3) is 0 Å². The van der Waals surface area contributed by atoms with E-state index >= 15 is 0 Å². The highest BCUT2D eigenvalue weighted by atomic mass is 15.3. The van der Waals surface area contributed by atoms with E-state index in [-0.39, 0.29) is 29.7 Å². The van der Waals surface area contributed by atoms with E-state index in [0.717, 1.165) is 5.70 Å². The van der Waals surface area contributed by atoms with Crippen LogP contribution in [0.2, 0.25) is 0 Å². The van der Waals surface area contributed by atoms with Crippen molar-refractivity contribution >= 4 is 76.8 Å². The summed E-state index contributed by atoms with van der Waals surface area (Å²) in [5, 5.41) is 27.6. The van der Waals surface area contributed by atoms with Crippen molar-refractivity contribution in [3.05, 3.63) is 72.6 Å². The molecule has 6 rings (SSSR count). The van der Waals surface area contributed by atoms with Crippen molar-refractivity contribution in [1.29, 1.82) is 0 Å². The lowest BCUT2D eigenvalue weighted by atomic mass is 10.3. The normalized spacial score (nSPS) is 14.4. The molecular weight excluding hydrogens is 628 g/mol. The summed E-state index contributed by atoms with van der Waals surface area (Å²) in [6.45, 7) is 5.93. The summed E-state index contributed by atoms with van der Waals surface area (Å²) < 4.78 is 0. The lowest BCUT2D eigenvalue weighted by Crippen LogP contribution is -2.10. The van der Waals surface area contributed by atoms with Gasteiger partial charge in [-0.2, -0.15) is 44.9 Å². The summed E-state index contributed by atoms with van der Waals surface area (Å²) in [4.78, 5) is 49.2.